The first-order valence-electron chi connectivity index (χ1n) is 5.55. The molecule has 0 saturated carbocycles. The summed E-state index contributed by atoms with van der Waals surface area (Å²) in [4.78, 5) is 25.5. The lowest BCUT2D eigenvalue weighted by Crippen LogP contribution is -2.12. The van der Waals surface area contributed by atoms with Gasteiger partial charge in [0.15, 0.2) is 0 Å². The molecule has 3 N–H and O–H groups in total. The predicted octanol–water partition coefficient (Wildman–Crippen LogP) is 2.46. The summed E-state index contributed by atoms with van der Waals surface area (Å²) in [6, 6.07) is 5.66. The molecule has 1 amide bonds. The monoisotopic (exact) mass is 310 g/mol. The minimum atomic E-state index is -1.21. The number of hydrogen-bond acceptors (Lipinski definition) is 4. The lowest BCUT2D eigenvalue weighted by molar-refractivity contribution is 0.0696. The van der Waals surface area contributed by atoms with Crippen molar-refractivity contribution in [2.75, 3.05) is 0 Å². The molecule has 0 aliphatic carbocycles. The van der Waals surface area contributed by atoms with Crippen LogP contribution in [0, 0.1) is 5.82 Å². The fraction of sp³-hybridized carbons (Fsp3) is 0. The lowest BCUT2D eigenvalue weighted by Gasteiger charge is -2.07. The number of carboxylic acids is 1. The second-order valence-electron chi connectivity index (χ2n) is 3.93. The fourth-order valence-corrected chi connectivity index (χ4v) is 1.73. The second-order valence-corrected chi connectivity index (χ2v) is 4.32. The number of amides is 1. The third-order valence-electron chi connectivity index (χ3n) is 2.45. The predicted molar refractivity (Wildman–Crippen MR) is 71.2 cm³/mol. The van der Waals surface area contributed by atoms with Crippen molar-refractivity contribution >= 4 is 23.5 Å². The van der Waals surface area contributed by atoms with E-state index in [-0.39, 0.29) is 27.9 Å². The molecule has 0 radical (unpaired) electrons. The normalized spacial score (nSPS) is 10.2. The first-order valence-corrected chi connectivity index (χ1v) is 5.92. The summed E-state index contributed by atoms with van der Waals surface area (Å²) in [5, 5.41) is 8.80. The van der Waals surface area contributed by atoms with Crippen LogP contribution in [0.5, 0.6) is 11.6 Å². The van der Waals surface area contributed by atoms with Crippen LogP contribution in [0.2, 0.25) is 5.15 Å². The zero-order valence-corrected chi connectivity index (χ0v) is 11.1. The van der Waals surface area contributed by atoms with E-state index in [0.29, 0.717) is 0 Å². The highest BCUT2D eigenvalue weighted by molar-refractivity contribution is 6.29. The molecule has 0 fully saturated rings. The van der Waals surface area contributed by atoms with Gasteiger partial charge in [0.1, 0.15) is 16.7 Å². The SMILES string of the molecule is NC(=O)c1ccc(Oc2cc(C(=O)O)cc(Cl)n2)cc1F. The van der Waals surface area contributed by atoms with Gasteiger partial charge in [0, 0.05) is 12.1 Å². The smallest absolute Gasteiger partial charge is 0.335 e. The van der Waals surface area contributed by atoms with Crippen LogP contribution < -0.4 is 10.5 Å². The minimum absolute atomic E-state index is 0.0172. The molecule has 0 saturated heterocycles. The van der Waals surface area contributed by atoms with Crippen molar-refractivity contribution in [2.24, 2.45) is 5.73 Å². The van der Waals surface area contributed by atoms with Gasteiger partial charge in [-0.15, -0.1) is 0 Å². The fourth-order valence-electron chi connectivity index (χ4n) is 1.53. The maximum Gasteiger partial charge on any atom is 0.335 e. The third kappa shape index (κ3) is 3.46. The quantitative estimate of drug-likeness (QED) is 0.844. The number of primary amides is 1. The molecule has 0 aliphatic rings. The number of hydrogen-bond donors (Lipinski definition) is 2. The minimum Gasteiger partial charge on any atom is -0.478 e. The summed E-state index contributed by atoms with van der Waals surface area (Å²) < 4.78 is 18.8. The molecule has 2 rings (SSSR count). The number of rotatable bonds is 4. The summed E-state index contributed by atoms with van der Waals surface area (Å²) in [7, 11) is 0. The molecule has 6 nitrogen and oxygen atoms in total. The molecule has 108 valence electrons. The number of pyridine rings is 1. The first kappa shape index (κ1) is 14.7. The van der Waals surface area contributed by atoms with E-state index in [9.17, 15) is 14.0 Å². The molecule has 2 aromatic rings. The molecule has 1 heterocycles. The Kier molecular flexibility index (Phi) is 4.04. The van der Waals surface area contributed by atoms with Crippen molar-refractivity contribution in [2.45, 2.75) is 0 Å². The van der Waals surface area contributed by atoms with E-state index in [1.807, 2.05) is 0 Å². The molecule has 0 spiro atoms. The Morgan fingerprint density at radius 3 is 2.57 bits per heavy atom. The number of aromatic carboxylic acids is 1. The molecular weight excluding hydrogens is 303 g/mol. The Hall–Kier alpha value is -2.67. The Bertz CT molecular complexity index is 736. The first-order chi connectivity index (χ1) is 9.86. The zero-order valence-electron chi connectivity index (χ0n) is 10.3. The molecule has 0 bridgehead atoms. The number of carbonyl (C=O) groups is 2. The number of ether oxygens (including phenoxy) is 1. The largest absolute Gasteiger partial charge is 0.478 e. The van der Waals surface area contributed by atoms with E-state index < -0.39 is 17.7 Å². The van der Waals surface area contributed by atoms with Crippen molar-refractivity contribution in [3.63, 3.8) is 0 Å². The van der Waals surface area contributed by atoms with Gasteiger partial charge in [-0.2, -0.15) is 0 Å². The van der Waals surface area contributed by atoms with Crippen molar-refractivity contribution in [1.82, 2.24) is 4.98 Å². The van der Waals surface area contributed by atoms with Crippen molar-refractivity contribution in [3.8, 4) is 11.6 Å². The van der Waals surface area contributed by atoms with Gasteiger partial charge in [0.2, 0.25) is 5.88 Å². The zero-order chi connectivity index (χ0) is 15.6. The number of halogens is 2. The van der Waals surface area contributed by atoms with Gasteiger partial charge in [0.25, 0.3) is 5.91 Å². The van der Waals surface area contributed by atoms with Crippen LogP contribution >= 0.6 is 11.6 Å². The highest BCUT2D eigenvalue weighted by atomic mass is 35.5. The molecule has 1 aromatic carbocycles. The average Bonchev–Trinajstić information content (AvgIpc) is 2.37. The number of nitrogens with two attached hydrogens (primary N) is 1. The molecule has 1 aromatic heterocycles. The number of nitrogens with zero attached hydrogens (tertiary/aromatic N) is 1. The Morgan fingerprint density at radius 1 is 1.29 bits per heavy atom. The van der Waals surface area contributed by atoms with E-state index in [0.717, 1.165) is 24.3 Å². The maximum atomic E-state index is 13.6. The van der Waals surface area contributed by atoms with Gasteiger partial charge in [-0.3, -0.25) is 4.79 Å². The number of carbonyl (C=O) groups excluding carboxylic acids is 1. The van der Waals surface area contributed by atoms with Gasteiger partial charge in [0.05, 0.1) is 11.1 Å². The van der Waals surface area contributed by atoms with Gasteiger partial charge < -0.3 is 15.6 Å². The Labute approximate surface area is 122 Å². The van der Waals surface area contributed by atoms with Crippen LogP contribution in [0.15, 0.2) is 30.3 Å². The van der Waals surface area contributed by atoms with E-state index in [1.54, 1.807) is 0 Å². The molecular formula is C13H8ClFN2O4. The van der Waals surface area contributed by atoms with Crippen molar-refractivity contribution in [1.29, 1.82) is 0 Å². The topological polar surface area (TPSA) is 103 Å². The number of benzene rings is 1. The van der Waals surface area contributed by atoms with Crippen LogP contribution in [-0.2, 0) is 0 Å². The highest BCUT2D eigenvalue weighted by Gasteiger charge is 2.12. The third-order valence-corrected chi connectivity index (χ3v) is 2.64. The van der Waals surface area contributed by atoms with Crippen LogP contribution in [0.25, 0.3) is 0 Å². The summed E-state index contributed by atoms with van der Waals surface area (Å²) in [5.41, 5.74) is 4.57. The summed E-state index contributed by atoms with van der Waals surface area (Å²) >= 11 is 5.67. The summed E-state index contributed by atoms with van der Waals surface area (Å²) in [6.45, 7) is 0. The van der Waals surface area contributed by atoms with E-state index >= 15 is 0 Å². The Balaban J connectivity index is 2.32. The Morgan fingerprint density at radius 2 is 2.00 bits per heavy atom. The van der Waals surface area contributed by atoms with Crippen molar-refractivity contribution < 1.29 is 23.8 Å². The molecule has 8 heteroatoms. The van der Waals surface area contributed by atoms with Gasteiger partial charge >= 0.3 is 5.97 Å². The van der Waals surface area contributed by atoms with Gasteiger partial charge in [-0.05, 0) is 18.2 Å². The van der Waals surface area contributed by atoms with Gasteiger partial charge in [-0.25, -0.2) is 14.2 Å². The van der Waals surface area contributed by atoms with E-state index in [2.05, 4.69) is 4.98 Å². The highest BCUT2D eigenvalue weighted by Crippen LogP contribution is 2.24. The number of aromatic nitrogens is 1. The van der Waals surface area contributed by atoms with Crippen LogP contribution in [-0.4, -0.2) is 22.0 Å². The van der Waals surface area contributed by atoms with Gasteiger partial charge in [-0.1, -0.05) is 11.6 Å². The maximum absolute atomic E-state index is 13.6. The summed E-state index contributed by atoms with van der Waals surface area (Å²) in [5.74, 6) is -3.08. The van der Waals surface area contributed by atoms with Crippen molar-refractivity contribution in [3.05, 3.63) is 52.4 Å². The molecule has 0 aliphatic heterocycles. The summed E-state index contributed by atoms with van der Waals surface area (Å²) in [6.07, 6.45) is 0. The van der Waals surface area contributed by atoms with E-state index in [1.165, 1.54) is 6.07 Å². The number of carboxylic acid groups (broad SMARTS) is 1. The van der Waals surface area contributed by atoms with E-state index in [4.69, 9.17) is 27.2 Å². The molecule has 21 heavy (non-hydrogen) atoms. The van der Waals surface area contributed by atoms with Crippen LogP contribution in [0.3, 0.4) is 0 Å². The second kappa shape index (κ2) is 5.76. The molecule has 0 unspecified atom stereocenters. The average molecular weight is 311 g/mol. The molecule has 0 atom stereocenters. The van der Waals surface area contributed by atoms with Crippen LogP contribution in [0.1, 0.15) is 20.7 Å². The van der Waals surface area contributed by atoms with Crippen LogP contribution in [0.4, 0.5) is 4.39 Å². The lowest BCUT2D eigenvalue weighted by atomic mass is 10.2. The standard InChI is InChI=1S/C13H8ClFN2O4/c14-10-3-6(13(19)20)4-11(17-10)21-7-1-2-8(12(16)18)9(15)5-7/h1-5H,(H2,16,18)(H,19,20).